The lowest BCUT2D eigenvalue weighted by Gasteiger charge is -2.39. The predicted molar refractivity (Wildman–Crippen MR) is 114 cm³/mol. The van der Waals surface area contributed by atoms with Gasteiger partial charge in [0.2, 0.25) is 5.91 Å². The number of benzene rings is 1. The Morgan fingerprint density at radius 1 is 1.23 bits per heavy atom. The molecule has 0 unspecified atom stereocenters. The van der Waals surface area contributed by atoms with Crippen molar-refractivity contribution in [3.8, 4) is 5.69 Å². The first-order valence-electron chi connectivity index (χ1n) is 10.6. The van der Waals surface area contributed by atoms with Gasteiger partial charge in [-0.3, -0.25) is 19.7 Å². The molecule has 0 saturated heterocycles. The summed E-state index contributed by atoms with van der Waals surface area (Å²) in [7, 11) is 0. The molecule has 0 aliphatic heterocycles. The van der Waals surface area contributed by atoms with Gasteiger partial charge < -0.3 is 10.2 Å². The molecule has 1 N–H and O–H groups in total. The van der Waals surface area contributed by atoms with Crippen molar-refractivity contribution in [1.29, 1.82) is 0 Å². The molecule has 1 fully saturated rings. The van der Waals surface area contributed by atoms with Gasteiger partial charge in [-0.05, 0) is 39.7 Å². The number of nitrogens with one attached hydrogen (secondary N) is 1. The summed E-state index contributed by atoms with van der Waals surface area (Å²) in [4.78, 5) is 38.8. The van der Waals surface area contributed by atoms with Crippen LogP contribution in [0, 0.1) is 17.0 Å². The molecule has 1 heterocycles. The van der Waals surface area contributed by atoms with Crippen LogP contribution in [-0.4, -0.2) is 55.3 Å². The van der Waals surface area contributed by atoms with E-state index in [2.05, 4.69) is 15.6 Å². The number of aromatic nitrogens is 3. The van der Waals surface area contributed by atoms with Crippen LogP contribution < -0.4 is 5.32 Å². The summed E-state index contributed by atoms with van der Waals surface area (Å²) in [5.74, 6) is -0.522. The van der Waals surface area contributed by atoms with Crippen molar-refractivity contribution >= 4 is 17.5 Å². The average Bonchev–Trinajstić information content (AvgIpc) is 3.16. The maximum Gasteiger partial charge on any atom is 0.274 e. The van der Waals surface area contributed by atoms with Crippen LogP contribution >= 0.6 is 0 Å². The fourth-order valence-electron chi connectivity index (χ4n) is 4.16. The number of carbonyl (C=O) groups excluding carboxylic acids is 2. The van der Waals surface area contributed by atoms with E-state index in [0.29, 0.717) is 37.3 Å². The molecule has 1 aromatic heterocycles. The van der Waals surface area contributed by atoms with Crippen molar-refractivity contribution in [2.24, 2.45) is 0 Å². The summed E-state index contributed by atoms with van der Waals surface area (Å²) in [5.41, 5.74) is -0.0411. The summed E-state index contributed by atoms with van der Waals surface area (Å²) in [6, 6.07) is 5.96. The molecule has 0 spiro atoms. The van der Waals surface area contributed by atoms with E-state index in [1.807, 2.05) is 13.8 Å². The van der Waals surface area contributed by atoms with E-state index in [1.165, 1.54) is 16.8 Å². The Balaban J connectivity index is 1.89. The van der Waals surface area contributed by atoms with Crippen LogP contribution in [-0.2, 0) is 4.79 Å². The molecule has 10 nitrogen and oxygen atoms in total. The zero-order valence-corrected chi connectivity index (χ0v) is 18.1. The van der Waals surface area contributed by atoms with Crippen LogP contribution in [0.2, 0.25) is 0 Å². The Morgan fingerprint density at radius 2 is 1.90 bits per heavy atom. The molecule has 1 saturated carbocycles. The van der Waals surface area contributed by atoms with Gasteiger partial charge in [-0.15, -0.1) is 5.10 Å². The fourth-order valence-corrected chi connectivity index (χ4v) is 4.16. The van der Waals surface area contributed by atoms with E-state index in [1.54, 1.807) is 24.0 Å². The molecule has 31 heavy (non-hydrogen) atoms. The number of amides is 2. The SMILES string of the molecule is CCN(CC)C(=O)C1(NC(=O)c2nnn(-c3cccc([N+](=O)[O-])c3)c2C)CCCCC1. The summed E-state index contributed by atoms with van der Waals surface area (Å²) in [5, 5.41) is 22.1. The molecule has 2 amide bonds. The number of carbonyl (C=O) groups is 2. The molecule has 1 aromatic carbocycles. The summed E-state index contributed by atoms with van der Waals surface area (Å²) >= 11 is 0. The highest BCUT2D eigenvalue weighted by molar-refractivity contribution is 5.98. The molecule has 166 valence electrons. The number of nitrogens with zero attached hydrogens (tertiary/aromatic N) is 5. The lowest BCUT2D eigenvalue weighted by atomic mass is 9.80. The minimum absolute atomic E-state index is 0.0609. The molecule has 0 atom stereocenters. The monoisotopic (exact) mass is 428 g/mol. The van der Waals surface area contributed by atoms with Crippen LogP contribution in [0.5, 0.6) is 0 Å². The molecule has 1 aliphatic rings. The Morgan fingerprint density at radius 3 is 2.52 bits per heavy atom. The van der Waals surface area contributed by atoms with Gasteiger partial charge in [-0.1, -0.05) is 30.5 Å². The maximum absolute atomic E-state index is 13.3. The van der Waals surface area contributed by atoms with Crippen molar-refractivity contribution in [2.75, 3.05) is 13.1 Å². The Kier molecular flexibility index (Phi) is 6.67. The van der Waals surface area contributed by atoms with Gasteiger partial charge in [0.1, 0.15) is 5.54 Å². The molecule has 0 radical (unpaired) electrons. The predicted octanol–water partition coefficient (Wildman–Crippen LogP) is 2.79. The van der Waals surface area contributed by atoms with Crippen molar-refractivity contribution in [3.63, 3.8) is 0 Å². The van der Waals surface area contributed by atoms with Gasteiger partial charge in [0.05, 0.1) is 16.3 Å². The lowest BCUT2D eigenvalue weighted by Crippen LogP contribution is -2.60. The number of likely N-dealkylation sites (N-methyl/N-ethyl adjacent to an activating group) is 1. The minimum atomic E-state index is -0.941. The number of nitro benzene ring substituents is 1. The second kappa shape index (κ2) is 9.23. The third-order valence-electron chi connectivity index (χ3n) is 5.91. The van der Waals surface area contributed by atoms with Gasteiger partial charge in [0.25, 0.3) is 11.6 Å². The summed E-state index contributed by atoms with van der Waals surface area (Å²) in [6.07, 6.45) is 3.95. The largest absolute Gasteiger partial charge is 0.341 e. The van der Waals surface area contributed by atoms with Gasteiger partial charge >= 0.3 is 0 Å². The van der Waals surface area contributed by atoms with E-state index < -0.39 is 16.4 Å². The molecule has 3 rings (SSSR count). The van der Waals surface area contributed by atoms with E-state index in [-0.39, 0.29) is 17.3 Å². The normalized spacial score (nSPS) is 15.3. The number of hydrogen-bond donors (Lipinski definition) is 1. The molecule has 0 bridgehead atoms. The highest BCUT2D eigenvalue weighted by Crippen LogP contribution is 2.31. The van der Waals surface area contributed by atoms with Crippen molar-refractivity contribution in [3.05, 3.63) is 45.8 Å². The molecule has 2 aromatic rings. The van der Waals surface area contributed by atoms with Crippen molar-refractivity contribution in [1.82, 2.24) is 25.2 Å². The van der Waals surface area contributed by atoms with Crippen LogP contribution in [0.1, 0.15) is 62.1 Å². The van der Waals surface area contributed by atoms with Crippen LogP contribution in [0.3, 0.4) is 0 Å². The number of non-ortho nitro benzene ring substituents is 1. The molecular formula is C21H28N6O4. The number of rotatable bonds is 7. The fraction of sp³-hybridized carbons (Fsp3) is 0.524. The van der Waals surface area contributed by atoms with Crippen LogP contribution in [0.15, 0.2) is 24.3 Å². The second-order valence-electron chi connectivity index (χ2n) is 7.79. The number of hydrogen-bond acceptors (Lipinski definition) is 6. The van der Waals surface area contributed by atoms with E-state index in [0.717, 1.165) is 19.3 Å². The second-order valence-corrected chi connectivity index (χ2v) is 7.79. The Labute approximate surface area is 180 Å². The van der Waals surface area contributed by atoms with Crippen molar-refractivity contribution < 1.29 is 14.5 Å². The van der Waals surface area contributed by atoms with E-state index >= 15 is 0 Å². The third-order valence-corrected chi connectivity index (χ3v) is 5.91. The topological polar surface area (TPSA) is 123 Å². The van der Waals surface area contributed by atoms with Gasteiger partial charge in [-0.25, -0.2) is 4.68 Å². The first kappa shape index (κ1) is 22.4. The highest BCUT2D eigenvalue weighted by atomic mass is 16.6. The highest BCUT2D eigenvalue weighted by Gasteiger charge is 2.43. The Bertz CT molecular complexity index is 976. The zero-order chi connectivity index (χ0) is 22.6. The van der Waals surface area contributed by atoms with Gasteiger partial charge in [-0.2, -0.15) is 0 Å². The van der Waals surface area contributed by atoms with E-state index in [4.69, 9.17) is 0 Å². The summed E-state index contributed by atoms with van der Waals surface area (Å²) in [6.45, 7) is 6.68. The first-order valence-corrected chi connectivity index (χ1v) is 10.6. The van der Waals surface area contributed by atoms with Crippen molar-refractivity contribution in [2.45, 2.75) is 58.4 Å². The zero-order valence-electron chi connectivity index (χ0n) is 18.1. The van der Waals surface area contributed by atoms with Crippen LogP contribution in [0.25, 0.3) is 5.69 Å². The van der Waals surface area contributed by atoms with Gasteiger partial charge in [0, 0.05) is 25.2 Å². The Hall–Kier alpha value is -3.30. The standard InChI is InChI=1S/C21H28N6O4/c1-4-25(5-2)20(29)21(12-7-6-8-13-21)22-19(28)18-15(3)26(24-23-18)16-10-9-11-17(14-16)27(30)31/h9-11,14H,4-8,12-13H2,1-3H3,(H,22,28). The quantitative estimate of drug-likeness (QED) is 0.534. The third kappa shape index (κ3) is 4.42. The average molecular weight is 428 g/mol. The maximum atomic E-state index is 13.3. The molecule has 10 heteroatoms. The first-order chi connectivity index (χ1) is 14.8. The van der Waals surface area contributed by atoms with Crippen LogP contribution in [0.4, 0.5) is 5.69 Å². The smallest absolute Gasteiger partial charge is 0.274 e. The lowest BCUT2D eigenvalue weighted by molar-refractivity contribution is -0.384. The summed E-state index contributed by atoms with van der Waals surface area (Å²) < 4.78 is 1.39. The van der Waals surface area contributed by atoms with Gasteiger partial charge in [0.15, 0.2) is 5.69 Å². The molecule has 1 aliphatic carbocycles. The number of nitro groups is 1. The minimum Gasteiger partial charge on any atom is -0.341 e. The molecular weight excluding hydrogens is 400 g/mol. The van der Waals surface area contributed by atoms with E-state index in [9.17, 15) is 19.7 Å².